The van der Waals surface area contributed by atoms with Crippen LogP contribution in [-0.2, 0) is 9.53 Å². The molecule has 0 aliphatic carbocycles. The smallest absolute Gasteiger partial charge is 0.335 e. The summed E-state index contributed by atoms with van der Waals surface area (Å²) in [7, 11) is 0. The Morgan fingerprint density at radius 3 is 2.40 bits per heavy atom. The summed E-state index contributed by atoms with van der Waals surface area (Å²) in [5.74, 6) is -1.23. The molecular formula is C5H10O5. The summed E-state index contributed by atoms with van der Waals surface area (Å²) in [5.41, 5.74) is 0. The summed E-state index contributed by atoms with van der Waals surface area (Å²) in [6.07, 6.45) is -1.22. The second-order valence-corrected chi connectivity index (χ2v) is 1.60. The van der Waals surface area contributed by atoms with E-state index in [-0.39, 0.29) is 13.2 Å². The van der Waals surface area contributed by atoms with E-state index < -0.39 is 18.7 Å². The van der Waals surface area contributed by atoms with Crippen LogP contribution in [0, 0.1) is 0 Å². The molecule has 0 amide bonds. The highest BCUT2D eigenvalue weighted by Gasteiger charge is 2.15. The Kier molecular flexibility index (Phi) is 4.82. The van der Waals surface area contributed by atoms with E-state index in [1.54, 1.807) is 0 Å². The first-order valence-corrected chi connectivity index (χ1v) is 2.78. The minimum absolute atomic E-state index is 0.0719. The van der Waals surface area contributed by atoms with Crippen LogP contribution in [0.25, 0.3) is 0 Å². The Hall–Kier alpha value is -0.650. The molecular weight excluding hydrogens is 140 g/mol. The van der Waals surface area contributed by atoms with Gasteiger partial charge in [-0.25, -0.2) is 4.79 Å². The number of ether oxygens (including phenoxy) is 1. The van der Waals surface area contributed by atoms with Gasteiger partial charge in [-0.05, 0) is 0 Å². The minimum atomic E-state index is -1.23. The molecule has 0 aliphatic heterocycles. The van der Waals surface area contributed by atoms with Crippen molar-refractivity contribution in [2.75, 3.05) is 19.8 Å². The number of hydrogen-bond acceptors (Lipinski definition) is 4. The number of aliphatic hydroxyl groups is 2. The Morgan fingerprint density at radius 1 is 1.50 bits per heavy atom. The van der Waals surface area contributed by atoms with E-state index in [0.29, 0.717) is 0 Å². The average molecular weight is 150 g/mol. The molecule has 0 saturated heterocycles. The molecule has 0 aromatic carbocycles. The molecule has 1 unspecified atom stereocenters. The van der Waals surface area contributed by atoms with Gasteiger partial charge in [0, 0.05) is 0 Å². The van der Waals surface area contributed by atoms with Crippen molar-refractivity contribution in [3.8, 4) is 0 Å². The number of carboxylic acids is 1. The van der Waals surface area contributed by atoms with Gasteiger partial charge in [-0.15, -0.1) is 0 Å². The third kappa shape index (κ3) is 3.39. The molecule has 5 nitrogen and oxygen atoms in total. The van der Waals surface area contributed by atoms with Crippen molar-refractivity contribution < 1.29 is 24.9 Å². The standard InChI is InChI=1S/C5H10O5/c6-1-2-10-4(3-7)5(8)9/h4,6-7H,1-3H2,(H,8,9). The predicted octanol–water partition coefficient (Wildman–Crippen LogP) is -1.56. The largest absolute Gasteiger partial charge is 0.479 e. The molecule has 5 heteroatoms. The van der Waals surface area contributed by atoms with Gasteiger partial charge in [0.1, 0.15) is 0 Å². The van der Waals surface area contributed by atoms with Gasteiger partial charge in [-0.1, -0.05) is 0 Å². The molecule has 0 fully saturated rings. The zero-order chi connectivity index (χ0) is 7.98. The number of aliphatic hydroxyl groups excluding tert-OH is 2. The zero-order valence-electron chi connectivity index (χ0n) is 5.36. The topological polar surface area (TPSA) is 87.0 Å². The Bertz CT molecular complexity index is 102. The van der Waals surface area contributed by atoms with Gasteiger partial charge in [0.2, 0.25) is 0 Å². The Labute approximate surface area is 57.9 Å². The fourth-order valence-corrected chi connectivity index (χ4v) is 0.397. The molecule has 0 spiro atoms. The van der Waals surface area contributed by atoms with Crippen LogP contribution in [0.15, 0.2) is 0 Å². The van der Waals surface area contributed by atoms with Crippen LogP contribution in [0.2, 0.25) is 0 Å². The van der Waals surface area contributed by atoms with Gasteiger partial charge >= 0.3 is 5.97 Å². The lowest BCUT2D eigenvalue weighted by Gasteiger charge is -2.08. The number of carboxylic acid groups (broad SMARTS) is 1. The molecule has 0 aliphatic rings. The predicted molar refractivity (Wildman–Crippen MR) is 31.5 cm³/mol. The van der Waals surface area contributed by atoms with Gasteiger partial charge in [-0.3, -0.25) is 0 Å². The summed E-state index contributed by atoms with van der Waals surface area (Å²) < 4.78 is 4.50. The van der Waals surface area contributed by atoms with E-state index in [9.17, 15) is 4.79 Å². The van der Waals surface area contributed by atoms with E-state index >= 15 is 0 Å². The van der Waals surface area contributed by atoms with Crippen LogP contribution < -0.4 is 0 Å². The molecule has 0 heterocycles. The van der Waals surface area contributed by atoms with E-state index in [1.165, 1.54) is 0 Å². The van der Waals surface area contributed by atoms with Crippen LogP contribution in [0.5, 0.6) is 0 Å². The fourth-order valence-electron chi connectivity index (χ4n) is 0.397. The minimum Gasteiger partial charge on any atom is -0.479 e. The van der Waals surface area contributed by atoms with Crippen molar-refractivity contribution in [3.63, 3.8) is 0 Å². The first-order valence-electron chi connectivity index (χ1n) is 2.78. The first-order chi connectivity index (χ1) is 4.72. The maximum absolute atomic E-state index is 10.1. The third-order valence-corrected chi connectivity index (χ3v) is 0.852. The van der Waals surface area contributed by atoms with Crippen LogP contribution in [0.4, 0.5) is 0 Å². The summed E-state index contributed by atoms with van der Waals surface area (Å²) in [6, 6.07) is 0. The highest BCUT2D eigenvalue weighted by molar-refractivity contribution is 5.72. The molecule has 3 N–H and O–H groups in total. The van der Waals surface area contributed by atoms with Crippen molar-refractivity contribution in [2.24, 2.45) is 0 Å². The van der Waals surface area contributed by atoms with Crippen molar-refractivity contribution in [1.29, 1.82) is 0 Å². The lowest BCUT2D eigenvalue weighted by atomic mass is 10.4. The van der Waals surface area contributed by atoms with Gasteiger partial charge < -0.3 is 20.1 Å². The van der Waals surface area contributed by atoms with Gasteiger partial charge in [0.05, 0.1) is 19.8 Å². The molecule has 60 valence electrons. The first kappa shape index (κ1) is 9.35. The SMILES string of the molecule is O=C(O)C(CO)OCCO. The lowest BCUT2D eigenvalue weighted by molar-refractivity contribution is -0.153. The summed E-state index contributed by atoms with van der Waals surface area (Å²) in [5, 5.41) is 24.8. The highest BCUT2D eigenvalue weighted by atomic mass is 16.5. The van der Waals surface area contributed by atoms with Crippen molar-refractivity contribution in [2.45, 2.75) is 6.10 Å². The zero-order valence-corrected chi connectivity index (χ0v) is 5.36. The monoisotopic (exact) mass is 150 g/mol. The second-order valence-electron chi connectivity index (χ2n) is 1.60. The van der Waals surface area contributed by atoms with E-state index in [4.69, 9.17) is 15.3 Å². The summed E-state index contributed by atoms with van der Waals surface area (Å²) >= 11 is 0. The lowest BCUT2D eigenvalue weighted by Crippen LogP contribution is -2.28. The van der Waals surface area contributed by atoms with Crippen molar-refractivity contribution >= 4 is 5.97 Å². The second kappa shape index (κ2) is 5.16. The number of carbonyl (C=O) groups is 1. The Balaban J connectivity index is 3.50. The van der Waals surface area contributed by atoms with E-state index in [1.807, 2.05) is 0 Å². The number of aliphatic carboxylic acids is 1. The van der Waals surface area contributed by atoms with Gasteiger partial charge in [-0.2, -0.15) is 0 Å². The molecule has 0 radical (unpaired) electrons. The summed E-state index contributed by atoms with van der Waals surface area (Å²) in [6.45, 7) is -0.892. The number of hydrogen-bond donors (Lipinski definition) is 3. The van der Waals surface area contributed by atoms with Crippen LogP contribution >= 0.6 is 0 Å². The molecule has 1 atom stereocenters. The maximum atomic E-state index is 10.1. The molecule has 0 aromatic heterocycles. The van der Waals surface area contributed by atoms with E-state index in [2.05, 4.69) is 4.74 Å². The van der Waals surface area contributed by atoms with E-state index in [0.717, 1.165) is 0 Å². The molecule has 10 heavy (non-hydrogen) atoms. The summed E-state index contributed by atoms with van der Waals surface area (Å²) in [4.78, 5) is 10.1. The van der Waals surface area contributed by atoms with Crippen LogP contribution in [0.1, 0.15) is 0 Å². The van der Waals surface area contributed by atoms with Crippen LogP contribution in [0.3, 0.4) is 0 Å². The Morgan fingerprint density at radius 2 is 2.10 bits per heavy atom. The number of rotatable bonds is 5. The normalized spacial score (nSPS) is 13.0. The maximum Gasteiger partial charge on any atom is 0.335 e. The highest BCUT2D eigenvalue weighted by Crippen LogP contribution is 1.89. The van der Waals surface area contributed by atoms with Gasteiger partial charge in [0.25, 0.3) is 0 Å². The average Bonchev–Trinajstić information content (AvgIpc) is 1.89. The molecule has 0 saturated carbocycles. The van der Waals surface area contributed by atoms with Crippen molar-refractivity contribution in [1.82, 2.24) is 0 Å². The van der Waals surface area contributed by atoms with Crippen LogP contribution in [-0.4, -0.2) is 47.2 Å². The quantitative estimate of drug-likeness (QED) is 0.441. The molecule has 0 rings (SSSR count). The van der Waals surface area contributed by atoms with Gasteiger partial charge in [0.15, 0.2) is 6.10 Å². The third-order valence-electron chi connectivity index (χ3n) is 0.852. The fraction of sp³-hybridized carbons (Fsp3) is 0.800. The molecule has 0 aromatic rings. The molecule has 0 bridgehead atoms. The van der Waals surface area contributed by atoms with Crippen molar-refractivity contribution in [3.05, 3.63) is 0 Å².